The van der Waals surface area contributed by atoms with E-state index in [-0.39, 0.29) is 35.7 Å². The van der Waals surface area contributed by atoms with E-state index in [1.54, 1.807) is 5.38 Å². The van der Waals surface area contributed by atoms with E-state index in [1.807, 2.05) is 32.0 Å². The fraction of sp³-hybridized carbons (Fsp3) is 0.217. The van der Waals surface area contributed by atoms with Crippen molar-refractivity contribution < 1.29 is 23.7 Å². The van der Waals surface area contributed by atoms with Crippen molar-refractivity contribution in [1.82, 2.24) is 9.55 Å². The van der Waals surface area contributed by atoms with Gasteiger partial charge >= 0.3 is 11.7 Å². The summed E-state index contributed by atoms with van der Waals surface area (Å²) in [6.07, 6.45) is 0.0779. The number of hydrogen-bond acceptors (Lipinski definition) is 9. The van der Waals surface area contributed by atoms with Gasteiger partial charge in [-0.25, -0.2) is 9.78 Å². The lowest BCUT2D eigenvalue weighted by atomic mass is 10.1. The molecular weight excluding hydrogens is 476 g/mol. The first-order valence-electron chi connectivity index (χ1n) is 10.4. The van der Waals surface area contributed by atoms with Gasteiger partial charge in [0.05, 0.1) is 28.6 Å². The van der Waals surface area contributed by atoms with Crippen molar-refractivity contribution >= 4 is 45.7 Å². The number of anilines is 1. The van der Waals surface area contributed by atoms with Gasteiger partial charge < -0.3 is 14.5 Å². The predicted octanol–water partition coefficient (Wildman–Crippen LogP) is 3.50. The highest BCUT2D eigenvalue weighted by Gasteiger charge is 2.17. The quantitative estimate of drug-likeness (QED) is 0.221. The summed E-state index contributed by atoms with van der Waals surface area (Å²) < 4.78 is 11.2. The number of carbonyl (C=O) groups excluding carboxylic acids is 2. The van der Waals surface area contributed by atoms with E-state index >= 15 is 0 Å². The zero-order valence-electron chi connectivity index (χ0n) is 18.8. The Morgan fingerprint density at radius 2 is 2.03 bits per heavy atom. The molecule has 4 aromatic rings. The molecule has 0 bridgehead atoms. The number of aryl methyl sites for hydroxylation is 2. The Labute approximate surface area is 202 Å². The van der Waals surface area contributed by atoms with Crippen molar-refractivity contribution in [3.63, 3.8) is 0 Å². The lowest BCUT2D eigenvalue weighted by molar-refractivity contribution is -0.384. The SMILES string of the molecule is Cc1ccc(C)c(NC(=O)Cc2nc(COC(=O)Cn3c(=O)oc4cc([N+](=O)[O-])ccc43)cs2)c1. The van der Waals surface area contributed by atoms with Crippen molar-refractivity contribution in [2.45, 2.75) is 33.4 Å². The number of thiazole rings is 1. The van der Waals surface area contributed by atoms with E-state index in [9.17, 15) is 24.5 Å². The Kier molecular flexibility index (Phi) is 6.73. The Balaban J connectivity index is 1.33. The third kappa shape index (κ3) is 5.61. The fourth-order valence-electron chi connectivity index (χ4n) is 3.35. The highest BCUT2D eigenvalue weighted by Crippen LogP contribution is 2.20. The molecule has 2 heterocycles. The summed E-state index contributed by atoms with van der Waals surface area (Å²) in [5.41, 5.74) is 3.22. The molecule has 4 rings (SSSR count). The molecule has 35 heavy (non-hydrogen) atoms. The number of hydrogen-bond donors (Lipinski definition) is 1. The number of nitrogens with one attached hydrogen (secondary N) is 1. The minimum absolute atomic E-state index is 0.000256. The number of amides is 1. The first kappa shape index (κ1) is 23.8. The minimum atomic E-state index is -0.830. The predicted molar refractivity (Wildman–Crippen MR) is 127 cm³/mol. The number of non-ortho nitro benzene ring substituents is 1. The lowest BCUT2D eigenvalue weighted by Gasteiger charge is -2.08. The maximum Gasteiger partial charge on any atom is 0.420 e. The summed E-state index contributed by atoms with van der Waals surface area (Å²) in [6, 6.07) is 9.47. The van der Waals surface area contributed by atoms with Crippen LogP contribution in [0.3, 0.4) is 0 Å². The largest absolute Gasteiger partial charge is 0.458 e. The van der Waals surface area contributed by atoms with Crippen LogP contribution in [0.25, 0.3) is 11.1 Å². The molecule has 0 fully saturated rings. The number of oxazole rings is 1. The topological polar surface area (TPSA) is 147 Å². The molecule has 2 aromatic heterocycles. The standard InChI is InChI=1S/C23H20N4O7S/c1-13-3-4-14(2)17(7-13)25-20(28)9-21-24-15(12-35-21)11-33-22(29)10-26-18-6-5-16(27(31)32)8-19(18)34-23(26)30/h3-8,12H,9-11H2,1-2H3,(H,25,28). The molecule has 0 aliphatic rings. The second kappa shape index (κ2) is 9.89. The first-order valence-corrected chi connectivity index (χ1v) is 11.3. The Hall–Kier alpha value is -4.32. The van der Waals surface area contributed by atoms with Gasteiger partial charge in [0.15, 0.2) is 5.58 Å². The van der Waals surface area contributed by atoms with Crippen LogP contribution in [0.5, 0.6) is 0 Å². The van der Waals surface area contributed by atoms with E-state index in [0.717, 1.165) is 27.4 Å². The third-order valence-electron chi connectivity index (χ3n) is 5.11. The van der Waals surface area contributed by atoms with Crippen molar-refractivity contribution in [2.24, 2.45) is 0 Å². The number of ether oxygens (including phenoxy) is 1. The lowest BCUT2D eigenvalue weighted by Crippen LogP contribution is -2.21. The van der Waals surface area contributed by atoms with Gasteiger partial charge in [-0.15, -0.1) is 11.3 Å². The molecule has 0 unspecified atom stereocenters. The molecule has 0 aliphatic heterocycles. The van der Waals surface area contributed by atoms with E-state index < -0.39 is 23.2 Å². The molecule has 0 atom stereocenters. The van der Waals surface area contributed by atoms with Crippen molar-refractivity contribution in [1.29, 1.82) is 0 Å². The van der Waals surface area contributed by atoms with Gasteiger partial charge in [-0.3, -0.25) is 24.3 Å². The number of nitrogens with zero attached hydrogens (tertiary/aromatic N) is 3. The number of carbonyl (C=O) groups is 2. The number of esters is 1. The Bertz CT molecular complexity index is 1500. The van der Waals surface area contributed by atoms with Crippen LogP contribution in [0, 0.1) is 24.0 Å². The van der Waals surface area contributed by atoms with Gasteiger partial charge in [0.2, 0.25) is 5.91 Å². The molecule has 0 aliphatic carbocycles. The van der Waals surface area contributed by atoms with E-state index in [1.165, 1.54) is 23.5 Å². The van der Waals surface area contributed by atoms with E-state index in [0.29, 0.717) is 10.7 Å². The number of nitro groups is 1. The van der Waals surface area contributed by atoms with Crippen LogP contribution in [-0.2, 0) is 33.9 Å². The highest BCUT2D eigenvalue weighted by atomic mass is 32.1. The number of rotatable bonds is 8. The van der Waals surface area contributed by atoms with Crippen LogP contribution in [0.4, 0.5) is 11.4 Å². The summed E-state index contributed by atoms with van der Waals surface area (Å²) >= 11 is 1.27. The Morgan fingerprint density at radius 1 is 1.23 bits per heavy atom. The van der Waals surface area contributed by atoms with Crippen LogP contribution in [-0.4, -0.2) is 26.4 Å². The summed E-state index contributed by atoms with van der Waals surface area (Å²) in [5.74, 6) is -1.75. The normalized spacial score (nSPS) is 10.9. The zero-order chi connectivity index (χ0) is 25.1. The molecule has 1 N–H and O–H groups in total. The average molecular weight is 497 g/mol. The van der Waals surface area contributed by atoms with Crippen LogP contribution in [0.2, 0.25) is 0 Å². The number of aromatic nitrogens is 2. The molecule has 0 saturated heterocycles. The third-order valence-corrected chi connectivity index (χ3v) is 6.01. The van der Waals surface area contributed by atoms with Crippen molar-refractivity contribution in [3.8, 4) is 0 Å². The zero-order valence-corrected chi connectivity index (χ0v) is 19.6. The first-order chi connectivity index (χ1) is 16.7. The molecule has 0 spiro atoms. The van der Waals surface area contributed by atoms with Crippen LogP contribution >= 0.6 is 11.3 Å². The molecular formula is C23H20N4O7S. The fourth-order valence-corrected chi connectivity index (χ4v) is 4.12. The number of nitro benzene ring substituents is 1. The van der Waals surface area contributed by atoms with Crippen LogP contribution < -0.4 is 11.1 Å². The molecule has 11 nitrogen and oxygen atoms in total. The number of benzene rings is 2. The Morgan fingerprint density at radius 3 is 2.80 bits per heavy atom. The minimum Gasteiger partial charge on any atom is -0.458 e. The second-order valence-electron chi connectivity index (χ2n) is 7.80. The van der Waals surface area contributed by atoms with Crippen molar-refractivity contribution in [3.05, 3.63) is 84.3 Å². The monoisotopic (exact) mass is 496 g/mol. The summed E-state index contributed by atoms with van der Waals surface area (Å²) in [7, 11) is 0. The smallest absolute Gasteiger partial charge is 0.420 e. The van der Waals surface area contributed by atoms with E-state index in [2.05, 4.69) is 10.3 Å². The maximum absolute atomic E-state index is 12.4. The van der Waals surface area contributed by atoms with Crippen LogP contribution in [0.1, 0.15) is 21.8 Å². The van der Waals surface area contributed by atoms with Gasteiger partial charge in [-0.2, -0.15) is 0 Å². The second-order valence-corrected chi connectivity index (χ2v) is 8.74. The average Bonchev–Trinajstić information content (AvgIpc) is 3.38. The van der Waals surface area contributed by atoms with Crippen LogP contribution in [0.15, 0.2) is 51.0 Å². The number of fused-ring (bicyclic) bond motifs is 1. The maximum atomic E-state index is 12.4. The molecule has 0 saturated carbocycles. The van der Waals surface area contributed by atoms with Gasteiger partial charge in [-0.05, 0) is 37.1 Å². The summed E-state index contributed by atoms with van der Waals surface area (Å²) in [4.78, 5) is 51.3. The van der Waals surface area contributed by atoms with Crippen molar-refractivity contribution in [2.75, 3.05) is 5.32 Å². The molecule has 180 valence electrons. The highest BCUT2D eigenvalue weighted by molar-refractivity contribution is 7.09. The molecule has 12 heteroatoms. The van der Waals surface area contributed by atoms with Gasteiger partial charge in [0.1, 0.15) is 18.2 Å². The van der Waals surface area contributed by atoms with Gasteiger partial charge in [-0.1, -0.05) is 12.1 Å². The van der Waals surface area contributed by atoms with E-state index in [4.69, 9.17) is 9.15 Å². The molecule has 1 amide bonds. The summed E-state index contributed by atoms with van der Waals surface area (Å²) in [6.45, 7) is 3.29. The summed E-state index contributed by atoms with van der Waals surface area (Å²) in [5, 5.41) is 16.0. The molecule has 2 aromatic carbocycles. The molecule has 0 radical (unpaired) electrons. The van der Waals surface area contributed by atoms with Gasteiger partial charge in [0, 0.05) is 17.1 Å². The van der Waals surface area contributed by atoms with Gasteiger partial charge in [0.25, 0.3) is 5.69 Å².